The highest BCUT2D eigenvalue weighted by atomic mass is 16.3. The molecule has 0 spiro atoms. The van der Waals surface area contributed by atoms with Crippen molar-refractivity contribution < 1.29 is 9.21 Å². The van der Waals surface area contributed by atoms with Gasteiger partial charge in [0, 0.05) is 17.0 Å². The fourth-order valence-corrected chi connectivity index (χ4v) is 2.28. The molecule has 3 rings (SSSR count). The van der Waals surface area contributed by atoms with Crippen molar-refractivity contribution in [2.24, 2.45) is 0 Å². The van der Waals surface area contributed by atoms with Crippen LogP contribution in [0.1, 0.15) is 23.0 Å². The molecular formula is C15H16N4O2. The molecule has 21 heavy (non-hydrogen) atoms. The van der Waals surface area contributed by atoms with Crippen LogP contribution in [0.2, 0.25) is 0 Å². The largest absolute Gasteiger partial charge is 0.461 e. The van der Waals surface area contributed by atoms with Crippen LogP contribution in [0.3, 0.4) is 0 Å². The van der Waals surface area contributed by atoms with Gasteiger partial charge in [-0.15, -0.1) is 0 Å². The van der Waals surface area contributed by atoms with Gasteiger partial charge in [-0.05, 0) is 38.1 Å². The van der Waals surface area contributed by atoms with E-state index >= 15 is 0 Å². The Kier molecular flexibility index (Phi) is 3.43. The molecule has 0 fully saturated rings. The monoisotopic (exact) mass is 284 g/mol. The zero-order valence-corrected chi connectivity index (χ0v) is 11.9. The van der Waals surface area contributed by atoms with Crippen LogP contribution in [0.4, 0.5) is 0 Å². The Balaban J connectivity index is 1.71. The summed E-state index contributed by atoms with van der Waals surface area (Å²) in [6, 6.07) is 7.30. The first-order valence-electron chi connectivity index (χ1n) is 6.75. The molecule has 6 heteroatoms. The highest BCUT2D eigenvalue weighted by molar-refractivity contribution is 5.97. The molecule has 0 aliphatic heterocycles. The van der Waals surface area contributed by atoms with Crippen LogP contribution in [0.5, 0.6) is 0 Å². The third-order valence-electron chi connectivity index (χ3n) is 3.21. The maximum Gasteiger partial charge on any atom is 0.251 e. The van der Waals surface area contributed by atoms with Crippen molar-refractivity contribution in [3.8, 4) is 0 Å². The van der Waals surface area contributed by atoms with Crippen LogP contribution in [0.15, 0.2) is 41.3 Å². The highest BCUT2D eigenvalue weighted by Gasteiger charge is 2.12. The zero-order chi connectivity index (χ0) is 14.8. The Bertz CT molecular complexity index is 761. The predicted octanol–water partition coefficient (Wildman–Crippen LogP) is 2.15. The first-order valence-corrected chi connectivity index (χ1v) is 6.75. The molecule has 6 nitrogen and oxygen atoms in total. The number of amides is 1. The number of nitrogens with one attached hydrogen (secondary N) is 1. The Morgan fingerprint density at radius 2 is 2.29 bits per heavy atom. The van der Waals surface area contributed by atoms with E-state index in [1.807, 2.05) is 32.0 Å². The van der Waals surface area contributed by atoms with Crippen molar-refractivity contribution in [1.82, 2.24) is 20.1 Å². The molecule has 0 aliphatic rings. The number of rotatable bonds is 4. The number of nitrogens with zero attached hydrogens (tertiary/aromatic N) is 3. The third-order valence-corrected chi connectivity index (χ3v) is 3.21. The summed E-state index contributed by atoms with van der Waals surface area (Å²) in [5.41, 5.74) is 1.41. The molecule has 1 N–H and O–H groups in total. The van der Waals surface area contributed by atoms with Gasteiger partial charge in [-0.1, -0.05) is 0 Å². The zero-order valence-electron chi connectivity index (χ0n) is 11.9. The Morgan fingerprint density at radius 1 is 1.43 bits per heavy atom. The Morgan fingerprint density at radius 3 is 3.05 bits per heavy atom. The van der Waals surface area contributed by atoms with Crippen molar-refractivity contribution in [2.75, 3.05) is 0 Å². The normalized spacial score (nSPS) is 12.5. The summed E-state index contributed by atoms with van der Waals surface area (Å²) < 4.78 is 7.19. The second kappa shape index (κ2) is 5.40. The van der Waals surface area contributed by atoms with Crippen LogP contribution in [-0.2, 0) is 6.54 Å². The lowest BCUT2D eigenvalue weighted by Gasteiger charge is -2.13. The van der Waals surface area contributed by atoms with Gasteiger partial charge < -0.3 is 9.73 Å². The van der Waals surface area contributed by atoms with Gasteiger partial charge in [-0.3, -0.25) is 9.48 Å². The van der Waals surface area contributed by atoms with Gasteiger partial charge in [0.25, 0.3) is 5.91 Å². The van der Waals surface area contributed by atoms with Crippen LogP contribution in [0.25, 0.3) is 11.0 Å². The molecule has 1 amide bonds. The van der Waals surface area contributed by atoms with E-state index in [0.717, 1.165) is 16.7 Å². The smallest absolute Gasteiger partial charge is 0.251 e. The number of benzene rings is 1. The maximum atomic E-state index is 12.2. The maximum absolute atomic E-state index is 12.2. The minimum Gasteiger partial charge on any atom is -0.461 e. The second-order valence-corrected chi connectivity index (χ2v) is 5.10. The number of aromatic nitrogens is 3. The predicted molar refractivity (Wildman–Crippen MR) is 77.9 cm³/mol. The van der Waals surface area contributed by atoms with E-state index in [0.29, 0.717) is 12.1 Å². The first-order chi connectivity index (χ1) is 10.1. The number of hydrogen-bond acceptors (Lipinski definition) is 4. The van der Waals surface area contributed by atoms with Crippen molar-refractivity contribution in [3.05, 3.63) is 48.2 Å². The fraction of sp³-hybridized carbons (Fsp3) is 0.267. The second-order valence-electron chi connectivity index (χ2n) is 5.10. The summed E-state index contributed by atoms with van der Waals surface area (Å²) in [5.74, 6) is 0.727. The topological polar surface area (TPSA) is 73.0 Å². The van der Waals surface area contributed by atoms with E-state index in [-0.39, 0.29) is 11.9 Å². The van der Waals surface area contributed by atoms with Crippen LogP contribution >= 0.6 is 0 Å². The van der Waals surface area contributed by atoms with Crippen molar-refractivity contribution in [1.29, 1.82) is 0 Å². The standard InChI is InChI=1S/C15H16N4O2/c1-10(7-19-9-16-8-17-19)18-15(20)12-3-4-14-13(6-12)5-11(2)21-14/h3-6,8-10H,7H2,1-2H3,(H,18,20). The molecule has 1 aromatic carbocycles. The lowest BCUT2D eigenvalue weighted by molar-refractivity contribution is 0.0936. The summed E-state index contributed by atoms with van der Waals surface area (Å²) in [4.78, 5) is 16.1. The van der Waals surface area contributed by atoms with Gasteiger partial charge in [-0.25, -0.2) is 4.98 Å². The number of carbonyl (C=O) groups excluding carboxylic acids is 1. The van der Waals surface area contributed by atoms with Crippen molar-refractivity contribution >= 4 is 16.9 Å². The lowest BCUT2D eigenvalue weighted by atomic mass is 10.1. The average molecular weight is 284 g/mol. The molecule has 0 saturated carbocycles. The number of furan rings is 1. The molecular weight excluding hydrogens is 268 g/mol. The molecule has 0 aliphatic carbocycles. The van der Waals surface area contributed by atoms with E-state index in [4.69, 9.17) is 4.42 Å². The van der Waals surface area contributed by atoms with E-state index in [9.17, 15) is 4.79 Å². The van der Waals surface area contributed by atoms with E-state index in [1.165, 1.54) is 6.33 Å². The summed E-state index contributed by atoms with van der Waals surface area (Å²) in [7, 11) is 0. The fourth-order valence-electron chi connectivity index (χ4n) is 2.28. The van der Waals surface area contributed by atoms with Crippen molar-refractivity contribution in [3.63, 3.8) is 0 Å². The Hall–Kier alpha value is -2.63. The average Bonchev–Trinajstić information content (AvgIpc) is 3.05. The van der Waals surface area contributed by atoms with E-state index in [1.54, 1.807) is 17.1 Å². The van der Waals surface area contributed by atoms with Gasteiger partial charge >= 0.3 is 0 Å². The molecule has 3 aromatic rings. The molecule has 108 valence electrons. The highest BCUT2D eigenvalue weighted by Crippen LogP contribution is 2.20. The van der Waals surface area contributed by atoms with Gasteiger partial charge in [-0.2, -0.15) is 5.10 Å². The first kappa shape index (κ1) is 13.4. The summed E-state index contributed by atoms with van der Waals surface area (Å²) in [6.45, 7) is 4.40. The number of fused-ring (bicyclic) bond motifs is 1. The quantitative estimate of drug-likeness (QED) is 0.796. The lowest BCUT2D eigenvalue weighted by Crippen LogP contribution is -2.35. The van der Waals surface area contributed by atoms with Gasteiger partial charge in [0.05, 0.1) is 6.54 Å². The number of aryl methyl sites for hydroxylation is 1. The van der Waals surface area contributed by atoms with Crippen molar-refractivity contribution in [2.45, 2.75) is 26.4 Å². The molecule has 0 bridgehead atoms. The molecule has 2 aromatic heterocycles. The number of carbonyl (C=O) groups is 1. The summed E-state index contributed by atoms with van der Waals surface area (Å²) in [6.07, 6.45) is 3.10. The molecule has 2 heterocycles. The minimum absolute atomic E-state index is 0.0408. The van der Waals surface area contributed by atoms with Crippen LogP contribution in [0, 0.1) is 6.92 Å². The summed E-state index contributed by atoms with van der Waals surface area (Å²) >= 11 is 0. The minimum atomic E-state index is -0.108. The molecule has 1 unspecified atom stereocenters. The third kappa shape index (κ3) is 2.94. The van der Waals surface area contributed by atoms with Gasteiger partial charge in [0.1, 0.15) is 24.0 Å². The number of hydrogen-bond donors (Lipinski definition) is 1. The van der Waals surface area contributed by atoms with Gasteiger partial charge in [0.2, 0.25) is 0 Å². The van der Waals surface area contributed by atoms with E-state index in [2.05, 4.69) is 15.4 Å². The van der Waals surface area contributed by atoms with Crippen LogP contribution < -0.4 is 5.32 Å². The molecule has 0 saturated heterocycles. The van der Waals surface area contributed by atoms with E-state index < -0.39 is 0 Å². The summed E-state index contributed by atoms with van der Waals surface area (Å²) in [5, 5.41) is 7.90. The molecule has 1 atom stereocenters. The van der Waals surface area contributed by atoms with Crippen LogP contribution in [-0.4, -0.2) is 26.7 Å². The van der Waals surface area contributed by atoms with Gasteiger partial charge in [0.15, 0.2) is 0 Å². The SMILES string of the molecule is Cc1cc2cc(C(=O)NC(C)Cn3cncn3)ccc2o1. The Labute approximate surface area is 121 Å². The molecule has 0 radical (unpaired) electrons.